The molecule has 0 radical (unpaired) electrons. The van der Waals surface area contributed by atoms with Gasteiger partial charge in [0.15, 0.2) is 11.5 Å². The lowest BCUT2D eigenvalue weighted by Crippen LogP contribution is -2.35. The van der Waals surface area contributed by atoms with E-state index in [9.17, 15) is 4.79 Å². The second-order valence-corrected chi connectivity index (χ2v) is 7.41. The number of benzene rings is 2. The predicted molar refractivity (Wildman–Crippen MR) is 107 cm³/mol. The Balaban J connectivity index is 1.45. The number of amides is 1. The molecule has 2 aliphatic rings. The van der Waals surface area contributed by atoms with Crippen molar-refractivity contribution < 1.29 is 19.0 Å². The van der Waals surface area contributed by atoms with Gasteiger partial charge in [-0.2, -0.15) is 0 Å². The standard InChI is InChI=1S/C23H27NO4/c1-26-19-10-8-18(9-11-19)20-5-3-2-4-14-24(20)23(25)13-7-17-6-12-21-22(15-17)28-16-27-21/h6,8-12,15,20H,2-5,7,13-14,16H2,1H3/t20-/m0/s1. The van der Waals surface area contributed by atoms with E-state index in [1.165, 1.54) is 12.0 Å². The summed E-state index contributed by atoms with van der Waals surface area (Å²) < 4.78 is 16.1. The van der Waals surface area contributed by atoms with E-state index < -0.39 is 0 Å². The fourth-order valence-corrected chi connectivity index (χ4v) is 4.07. The first-order valence-electron chi connectivity index (χ1n) is 10.1. The van der Waals surface area contributed by atoms with Crippen LogP contribution in [0.3, 0.4) is 0 Å². The van der Waals surface area contributed by atoms with Gasteiger partial charge in [0.05, 0.1) is 13.2 Å². The number of methoxy groups -OCH3 is 1. The van der Waals surface area contributed by atoms with Gasteiger partial charge in [-0.25, -0.2) is 0 Å². The van der Waals surface area contributed by atoms with E-state index in [1.54, 1.807) is 7.11 Å². The predicted octanol–water partition coefficient (Wildman–Crippen LogP) is 4.50. The number of fused-ring (bicyclic) bond motifs is 1. The Hall–Kier alpha value is -2.69. The number of carbonyl (C=O) groups is 1. The lowest BCUT2D eigenvalue weighted by molar-refractivity contribution is -0.133. The van der Waals surface area contributed by atoms with Gasteiger partial charge in [0.1, 0.15) is 5.75 Å². The molecule has 0 bridgehead atoms. The fraction of sp³-hybridized carbons (Fsp3) is 0.435. The van der Waals surface area contributed by atoms with Crippen molar-refractivity contribution >= 4 is 5.91 Å². The van der Waals surface area contributed by atoms with Crippen LogP contribution in [0.5, 0.6) is 17.2 Å². The first-order chi connectivity index (χ1) is 13.7. The molecule has 2 aromatic rings. The zero-order valence-electron chi connectivity index (χ0n) is 16.4. The maximum Gasteiger partial charge on any atom is 0.231 e. The zero-order valence-corrected chi connectivity index (χ0v) is 16.4. The lowest BCUT2D eigenvalue weighted by Gasteiger charge is -2.31. The van der Waals surface area contributed by atoms with E-state index in [4.69, 9.17) is 14.2 Å². The van der Waals surface area contributed by atoms with Crippen LogP contribution in [0.2, 0.25) is 0 Å². The Morgan fingerprint density at radius 1 is 1.07 bits per heavy atom. The van der Waals surface area contributed by atoms with Gasteiger partial charge in [-0.05, 0) is 54.7 Å². The molecule has 1 fully saturated rings. The highest BCUT2D eigenvalue weighted by Gasteiger charge is 2.26. The van der Waals surface area contributed by atoms with Crippen molar-refractivity contribution in [2.24, 2.45) is 0 Å². The van der Waals surface area contributed by atoms with Crippen molar-refractivity contribution in [2.45, 2.75) is 44.6 Å². The molecule has 4 rings (SSSR count). The normalized spacial score (nSPS) is 18.6. The molecule has 0 N–H and O–H groups in total. The number of hydrogen-bond acceptors (Lipinski definition) is 4. The molecule has 5 nitrogen and oxygen atoms in total. The number of nitrogens with zero attached hydrogens (tertiary/aromatic N) is 1. The molecular formula is C23H27NO4. The highest BCUT2D eigenvalue weighted by Crippen LogP contribution is 2.34. The van der Waals surface area contributed by atoms with E-state index in [0.29, 0.717) is 12.8 Å². The fourth-order valence-electron chi connectivity index (χ4n) is 4.07. The smallest absolute Gasteiger partial charge is 0.231 e. The lowest BCUT2D eigenvalue weighted by atomic mass is 10.00. The maximum absolute atomic E-state index is 13.1. The Bertz CT molecular complexity index is 818. The van der Waals surface area contributed by atoms with Gasteiger partial charge in [0, 0.05) is 13.0 Å². The van der Waals surface area contributed by atoms with Crippen LogP contribution >= 0.6 is 0 Å². The molecule has 0 aliphatic carbocycles. The van der Waals surface area contributed by atoms with Crippen LogP contribution in [0, 0.1) is 0 Å². The van der Waals surface area contributed by atoms with Crippen molar-refractivity contribution in [3.05, 3.63) is 53.6 Å². The molecule has 1 atom stereocenters. The molecule has 1 amide bonds. The van der Waals surface area contributed by atoms with Crippen LogP contribution in [0.15, 0.2) is 42.5 Å². The molecule has 5 heteroatoms. The summed E-state index contributed by atoms with van der Waals surface area (Å²) in [6.45, 7) is 1.10. The molecule has 2 heterocycles. The quantitative estimate of drug-likeness (QED) is 0.765. The average molecular weight is 381 g/mol. The molecule has 2 aliphatic heterocycles. The van der Waals surface area contributed by atoms with Gasteiger partial charge < -0.3 is 19.1 Å². The highest BCUT2D eigenvalue weighted by atomic mass is 16.7. The summed E-state index contributed by atoms with van der Waals surface area (Å²) in [6.07, 6.45) is 5.64. The van der Waals surface area contributed by atoms with Crippen molar-refractivity contribution in [1.29, 1.82) is 0 Å². The number of aryl methyl sites for hydroxylation is 1. The number of hydrogen-bond donors (Lipinski definition) is 0. The van der Waals surface area contributed by atoms with E-state index in [1.807, 2.05) is 30.3 Å². The van der Waals surface area contributed by atoms with Crippen LogP contribution in [0.4, 0.5) is 0 Å². The second-order valence-electron chi connectivity index (χ2n) is 7.41. The van der Waals surface area contributed by atoms with Gasteiger partial charge in [0.2, 0.25) is 12.7 Å². The van der Waals surface area contributed by atoms with Crippen molar-refractivity contribution in [2.75, 3.05) is 20.4 Å². The molecule has 0 unspecified atom stereocenters. The van der Waals surface area contributed by atoms with Crippen LogP contribution in [0.1, 0.15) is 49.3 Å². The summed E-state index contributed by atoms with van der Waals surface area (Å²) in [5.41, 5.74) is 2.30. The van der Waals surface area contributed by atoms with Crippen molar-refractivity contribution in [3.63, 3.8) is 0 Å². The molecular weight excluding hydrogens is 354 g/mol. The van der Waals surface area contributed by atoms with E-state index in [2.05, 4.69) is 17.0 Å². The zero-order chi connectivity index (χ0) is 19.3. The molecule has 28 heavy (non-hydrogen) atoms. The molecule has 1 saturated heterocycles. The Morgan fingerprint density at radius 2 is 1.89 bits per heavy atom. The van der Waals surface area contributed by atoms with E-state index in [-0.39, 0.29) is 18.7 Å². The minimum absolute atomic E-state index is 0.151. The van der Waals surface area contributed by atoms with E-state index >= 15 is 0 Å². The van der Waals surface area contributed by atoms with Crippen LogP contribution < -0.4 is 14.2 Å². The third-order valence-corrected chi connectivity index (χ3v) is 5.64. The summed E-state index contributed by atoms with van der Waals surface area (Å²) in [4.78, 5) is 15.2. The molecule has 148 valence electrons. The largest absolute Gasteiger partial charge is 0.497 e. The highest BCUT2D eigenvalue weighted by molar-refractivity contribution is 5.77. The number of ether oxygens (including phenoxy) is 3. The molecule has 2 aromatic carbocycles. The Morgan fingerprint density at radius 3 is 2.71 bits per heavy atom. The number of rotatable bonds is 5. The first kappa shape index (κ1) is 18.7. The summed E-state index contributed by atoms with van der Waals surface area (Å²) in [7, 11) is 1.67. The summed E-state index contributed by atoms with van der Waals surface area (Å²) in [5, 5.41) is 0. The van der Waals surface area contributed by atoms with Crippen LogP contribution in [-0.4, -0.2) is 31.3 Å². The van der Waals surface area contributed by atoms with Gasteiger partial charge >= 0.3 is 0 Å². The SMILES string of the molecule is COc1ccc([C@@H]2CCCCCN2C(=O)CCc2ccc3c(c2)OCO3)cc1. The topological polar surface area (TPSA) is 48.0 Å². The van der Waals surface area contributed by atoms with Crippen molar-refractivity contribution in [1.82, 2.24) is 4.90 Å². The monoisotopic (exact) mass is 381 g/mol. The van der Waals surface area contributed by atoms with Gasteiger partial charge in [-0.3, -0.25) is 4.79 Å². The second kappa shape index (κ2) is 8.55. The molecule has 0 aromatic heterocycles. The Kier molecular flexibility index (Phi) is 5.70. The third kappa shape index (κ3) is 4.08. The van der Waals surface area contributed by atoms with Crippen LogP contribution in [0.25, 0.3) is 0 Å². The van der Waals surface area contributed by atoms with Gasteiger partial charge in [-0.15, -0.1) is 0 Å². The minimum Gasteiger partial charge on any atom is -0.497 e. The van der Waals surface area contributed by atoms with E-state index in [0.717, 1.165) is 48.6 Å². The van der Waals surface area contributed by atoms with Gasteiger partial charge in [-0.1, -0.05) is 31.0 Å². The average Bonchev–Trinajstić information content (AvgIpc) is 3.06. The minimum atomic E-state index is 0.151. The first-order valence-corrected chi connectivity index (χ1v) is 10.1. The van der Waals surface area contributed by atoms with Gasteiger partial charge in [0.25, 0.3) is 0 Å². The number of likely N-dealkylation sites (tertiary alicyclic amines) is 1. The summed E-state index contributed by atoms with van der Waals surface area (Å²) in [5.74, 6) is 2.62. The summed E-state index contributed by atoms with van der Waals surface area (Å²) >= 11 is 0. The van der Waals surface area contributed by atoms with Crippen LogP contribution in [-0.2, 0) is 11.2 Å². The van der Waals surface area contributed by atoms with Crippen molar-refractivity contribution in [3.8, 4) is 17.2 Å². The molecule has 0 saturated carbocycles. The third-order valence-electron chi connectivity index (χ3n) is 5.64. The summed E-state index contributed by atoms with van der Waals surface area (Å²) in [6, 6.07) is 14.2. The molecule has 0 spiro atoms. The maximum atomic E-state index is 13.1. The number of carbonyl (C=O) groups excluding carboxylic acids is 1. The Labute approximate surface area is 166 Å².